The van der Waals surface area contributed by atoms with Crippen molar-refractivity contribution in [3.8, 4) is 17.5 Å². The van der Waals surface area contributed by atoms with Gasteiger partial charge in [-0.25, -0.2) is 0 Å². The summed E-state index contributed by atoms with van der Waals surface area (Å²) in [6, 6.07) is 12.2. The van der Waals surface area contributed by atoms with E-state index >= 15 is 0 Å². The number of nitriles is 1. The first-order chi connectivity index (χ1) is 12.6. The van der Waals surface area contributed by atoms with Gasteiger partial charge in [0.15, 0.2) is 12.0 Å². The van der Waals surface area contributed by atoms with Crippen molar-refractivity contribution in [2.24, 2.45) is 0 Å². The molecule has 1 aromatic heterocycles. The zero-order valence-corrected chi connectivity index (χ0v) is 15.1. The molecule has 1 amide bonds. The first-order valence-corrected chi connectivity index (χ1v) is 9.26. The van der Waals surface area contributed by atoms with Gasteiger partial charge in [-0.3, -0.25) is 4.79 Å². The molecule has 4 rings (SSSR count). The van der Waals surface area contributed by atoms with Crippen LogP contribution >= 0.6 is 0 Å². The predicted molar refractivity (Wildman–Crippen MR) is 98.4 cm³/mol. The number of amides is 1. The molecule has 2 bridgehead atoms. The number of rotatable bonds is 4. The van der Waals surface area contributed by atoms with E-state index in [0.29, 0.717) is 17.4 Å². The molecule has 3 heterocycles. The molecule has 1 N–H and O–H groups in total. The molecule has 0 radical (unpaired) electrons. The fourth-order valence-electron chi connectivity index (χ4n) is 4.21. The summed E-state index contributed by atoms with van der Waals surface area (Å²) in [7, 11) is 0. The quantitative estimate of drug-likeness (QED) is 0.850. The lowest BCUT2D eigenvalue weighted by Crippen LogP contribution is -2.43. The van der Waals surface area contributed by atoms with Crippen LogP contribution in [0.3, 0.4) is 0 Å². The minimum Gasteiger partial charge on any atom is -0.451 e. The summed E-state index contributed by atoms with van der Waals surface area (Å²) < 4.78 is 5.82. The average Bonchev–Trinajstić information content (AvgIpc) is 3.35. The van der Waals surface area contributed by atoms with Crippen LogP contribution in [0.1, 0.15) is 55.1 Å². The Kier molecular flexibility index (Phi) is 4.20. The lowest BCUT2D eigenvalue weighted by atomic mass is 9.95. The van der Waals surface area contributed by atoms with Gasteiger partial charge in [-0.05, 0) is 48.9 Å². The maximum Gasteiger partial charge on any atom is 0.287 e. The van der Waals surface area contributed by atoms with Crippen LogP contribution < -0.4 is 5.32 Å². The van der Waals surface area contributed by atoms with Gasteiger partial charge in [0.05, 0.1) is 12.1 Å². The van der Waals surface area contributed by atoms with Crippen molar-refractivity contribution in [2.75, 3.05) is 0 Å². The highest BCUT2D eigenvalue weighted by molar-refractivity contribution is 5.92. The van der Waals surface area contributed by atoms with E-state index < -0.39 is 0 Å². The van der Waals surface area contributed by atoms with Crippen LogP contribution in [0.5, 0.6) is 0 Å². The van der Waals surface area contributed by atoms with E-state index in [0.717, 1.165) is 24.8 Å². The lowest BCUT2D eigenvalue weighted by Gasteiger charge is -2.21. The van der Waals surface area contributed by atoms with Gasteiger partial charge in [0.2, 0.25) is 0 Å². The molecule has 2 aliphatic rings. The van der Waals surface area contributed by atoms with E-state index in [1.54, 1.807) is 6.07 Å². The predicted octanol–water partition coefficient (Wildman–Crippen LogP) is 3.89. The topological polar surface area (TPSA) is 69.3 Å². The number of furan rings is 1. The molecule has 0 aliphatic carbocycles. The van der Waals surface area contributed by atoms with Gasteiger partial charge in [-0.1, -0.05) is 32.0 Å². The van der Waals surface area contributed by atoms with E-state index in [4.69, 9.17) is 4.42 Å². The van der Waals surface area contributed by atoms with E-state index in [2.05, 4.69) is 37.5 Å². The molecule has 3 atom stereocenters. The van der Waals surface area contributed by atoms with Crippen LogP contribution in [0.4, 0.5) is 0 Å². The third kappa shape index (κ3) is 2.86. The minimum atomic E-state index is -0.202. The van der Waals surface area contributed by atoms with Crippen molar-refractivity contribution >= 4 is 5.91 Å². The summed E-state index contributed by atoms with van der Waals surface area (Å²) in [5.74, 6) is 1.26. The standard InChI is InChI=1S/C21H23N3O2/c1-13(2)14-4-3-5-15(10-14)19-8-9-20(26-19)21(25)23-17-11-16-6-7-18(17)24(16)12-22/h3-5,8-10,13,16-18H,6-7,11H2,1-2H3,(H,23,25)/t16-,17+,18+/m0/s1. The van der Waals surface area contributed by atoms with Gasteiger partial charge in [-0.15, -0.1) is 0 Å². The second-order valence-electron chi connectivity index (χ2n) is 7.57. The highest BCUT2D eigenvalue weighted by atomic mass is 16.3. The maximum atomic E-state index is 12.6. The maximum absolute atomic E-state index is 12.6. The highest BCUT2D eigenvalue weighted by Gasteiger charge is 2.46. The Morgan fingerprint density at radius 1 is 1.31 bits per heavy atom. The van der Waals surface area contributed by atoms with Gasteiger partial charge in [-0.2, -0.15) is 5.26 Å². The summed E-state index contributed by atoms with van der Waals surface area (Å²) in [5.41, 5.74) is 2.22. The fraction of sp³-hybridized carbons (Fsp3) is 0.429. The van der Waals surface area contributed by atoms with Gasteiger partial charge < -0.3 is 14.6 Å². The molecule has 26 heavy (non-hydrogen) atoms. The van der Waals surface area contributed by atoms with Crippen LogP contribution in [-0.2, 0) is 0 Å². The number of carbonyl (C=O) groups is 1. The molecule has 2 aromatic rings. The van der Waals surface area contributed by atoms with Crippen molar-refractivity contribution in [1.82, 2.24) is 10.2 Å². The van der Waals surface area contributed by atoms with Crippen molar-refractivity contribution in [2.45, 2.75) is 57.2 Å². The Hall–Kier alpha value is -2.74. The molecular weight excluding hydrogens is 326 g/mol. The van der Waals surface area contributed by atoms with Crippen LogP contribution in [-0.4, -0.2) is 28.9 Å². The lowest BCUT2D eigenvalue weighted by molar-refractivity contribution is 0.0901. The van der Waals surface area contributed by atoms with Crippen molar-refractivity contribution in [1.29, 1.82) is 5.26 Å². The van der Waals surface area contributed by atoms with Crippen LogP contribution in [0.2, 0.25) is 0 Å². The third-order valence-electron chi connectivity index (χ3n) is 5.64. The average molecular weight is 349 g/mol. The molecule has 1 aromatic carbocycles. The SMILES string of the molecule is CC(C)c1cccc(-c2ccc(C(=O)N[C@@H]3C[C@@H]4CC[C@H]3N4C#N)o2)c1. The van der Waals surface area contributed by atoms with E-state index in [-0.39, 0.29) is 24.0 Å². The zero-order valence-electron chi connectivity index (χ0n) is 15.1. The van der Waals surface area contributed by atoms with Gasteiger partial charge in [0.25, 0.3) is 5.91 Å². The van der Waals surface area contributed by atoms with Gasteiger partial charge in [0.1, 0.15) is 5.76 Å². The smallest absolute Gasteiger partial charge is 0.287 e. The Morgan fingerprint density at radius 2 is 2.15 bits per heavy atom. The van der Waals surface area contributed by atoms with Crippen LogP contribution in [0.15, 0.2) is 40.8 Å². The number of nitrogens with one attached hydrogen (secondary N) is 1. The molecule has 0 unspecified atom stereocenters. The van der Waals surface area contributed by atoms with Crippen LogP contribution in [0.25, 0.3) is 11.3 Å². The van der Waals surface area contributed by atoms with Gasteiger partial charge in [0, 0.05) is 11.6 Å². The van der Waals surface area contributed by atoms with E-state index in [9.17, 15) is 10.1 Å². The molecule has 2 saturated heterocycles. The molecule has 5 nitrogen and oxygen atoms in total. The summed E-state index contributed by atoms with van der Waals surface area (Å²) in [6.07, 6.45) is 5.12. The zero-order chi connectivity index (χ0) is 18.3. The molecular formula is C21H23N3O2. The first kappa shape index (κ1) is 16.7. The highest BCUT2D eigenvalue weighted by Crippen LogP contribution is 2.37. The second kappa shape index (κ2) is 6.53. The fourth-order valence-corrected chi connectivity index (χ4v) is 4.21. The largest absolute Gasteiger partial charge is 0.451 e. The summed E-state index contributed by atoms with van der Waals surface area (Å²) in [4.78, 5) is 14.4. The second-order valence-corrected chi connectivity index (χ2v) is 7.57. The molecule has 0 saturated carbocycles. The van der Waals surface area contributed by atoms with E-state index in [1.165, 1.54) is 5.56 Å². The summed E-state index contributed by atoms with van der Waals surface area (Å²) in [6.45, 7) is 4.31. The van der Waals surface area contributed by atoms with Crippen molar-refractivity contribution < 1.29 is 9.21 Å². The number of benzene rings is 1. The Morgan fingerprint density at radius 3 is 2.88 bits per heavy atom. The normalized spacial score (nSPS) is 24.1. The Bertz CT molecular complexity index is 864. The molecule has 134 valence electrons. The van der Waals surface area contributed by atoms with Crippen molar-refractivity contribution in [3.05, 3.63) is 47.7 Å². The molecule has 0 spiro atoms. The van der Waals surface area contributed by atoms with Crippen LogP contribution in [0, 0.1) is 11.5 Å². The summed E-state index contributed by atoms with van der Waals surface area (Å²) >= 11 is 0. The van der Waals surface area contributed by atoms with Gasteiger partial charge >= 0.3 is 0 Å². The molecule has 2 aliphatic heterocycles. The third-order valence-corrected chi connectivity index (χ3v) is 5.64. The Balaban J connectivity index is 1.47. The number of hydrogen-bond donors (Lipinski definition) is 1. The molecule has 5 heteroatoms. The first-order valence-electron chi connectivity index (χ1n) is 9.26. The number of hydrogen-bond acceptors (Lipinski definition) is 4. The van der Waals surface area contributed by atoms with E-state index in [1.807, 2.05) is 23.1 Å². The summed E-state index contributed by atoms with van der Waals surface area (Å²) in [5, 5.41) is 12.3. The number of nitrogens with zero attached hydrogens (tertiary/aromatic N) is 2. The van der Waals surface area contributed by atoms with Crippen molar-refractivity contribution in [3.63, 3.8) is 0 Å². The minimum absolute atomic E-state index is 0.0266. The monoisotopic (exact) mass is 349 g/mol. The number of carbonyl (C=O) groups excluding carboxylic acids is 1. The number of fused-ring (bicyclic) bond motifs is 2. The Labute approximate surface area is 153 Å². The molecule has 2 fully saturated rings.